The first-order chi connectivity index (χ1) is 8.13. The molecule has 1 amide bonds. The molecule has 0 radical (unpaired) electrons. The van der Waals surface area contributed by atoms with E-state index in [0.29, 0.717) is 12.1 Å². The third kappa shape index (κ3) is 4.95. The zero-order chi connectivity index (χ0) is 12.7. The number of unbranched alkanes of at least 4 members (excludes halogenated alkanes) is 1. The maximum absolute atomic E-state index is 11.5. The van der Waals surface area contributed by atoms with E-state index < -0.39 is 4.92 Å². The first-order valence-electron chi connectivity index (χ1n) is 5.24. The van der Waals surface area contributed by atoms with Crippen molar-refractivity contribution in [1.29, 1.82) is 0 Å². The van der Waals surface area contributed by atoms with Crippen molar-refractivity contribution < 1.29 is 9.72 Å². The zero-order valence-electron chi connectivity index (χ0n) is 9.19. The van der Waals surface area contributed by atoms with Crippen molar-refractivity contribution in [2.24, 2.45) is 0 Å². The first kappa shape index (κ1) is 13.6. The fourth-order valence-electron chi connectivity index (χ4n) is 1.30. The minimum Gasteiger partial charge on any atom is -0.326 e. The predicted octanol–water partition coefficient (Wildman–Crippen LogP) is 3.10. The maximum atomic E-state index is 11.5. The summed E-state index contributed by atoms with van der Waals surface area (Å²) >= 11 is 3.29. The summed E-state index contributed by atoms with van der Waals surface area (Å²) in [7, 11) is 0. The molecule has 1 aromatic rings. The second kappa shape index (κ2) is 7.01. The number of carbonyl (C=O) groups is 1. The van der Waals surface area contributed by atoms with Crippen LogP contribution in [0.5, 0.6) is 0 Å². The van der Waals surface area contributed by atoms with E-state index >= 15 is 0 Å². The molecular weight excluding hydrogens is 288 g/mol. The van der Waals surface area contributed by atoms with Gasteiger partial charge in [-0.15, -0.1) is 0 Å². The third-order valence-corrected chi connectivity index (χ3v) is 2.69. The van der Waals surface area contributed by atoms with E-state index in [2.05, 4.69) is 21.2 Å². The van der Waals surface area contributed by atoms with E-state index in [1.807, 2.05) is 0 Å². The van der Waals surface area contributed by atoms with Crippen molar-refractivity contribution in [3.8, 4) is 0 Å². The van der Waals surface area contributed by atoms with Gasteiger partial charge in [0.05, 0.1) is 4.92 Å². The second-order valence-electron chi connectivity index (χ2n) is 3.50. The van der Waals surface area contributed by atoms with Gasteiger partial charge in [-0.2, -0.15) is 0 Å². The van der Waals surface area contributed by atoms with E-state index in [1.54, 1.807) is 12.1 Å². The average molecular weight is 301 g/mol. The van der Waals surface area contributed by atoms with Crippen molar-refractivity contribution >= 4 is 33.2 Å². The average Bonchev–Trinajstić information content (AvgIpc) is 2.29. The molecule has 1 rings (SSSR count). The van der Waals surface area contributed by atoms with Crippen molar-refractivity contribution in [2.75, 3.05) is 10.6 Å². The highest BCUT2D eigenvalue weighted by Gasteiger charge is 2.07. The summed E-state index contributed by atoms with van der Waals surface area (Å²) in [5, 5.41) is 14.0. The van der Waals surface area contributed by atoms with Crippen LogP contribution in [0.25, 0.3) is 0 Å². The van der Waals surface area contributed by atoms with Crippen LogP contribution < -0.4 is 5.32 Å². The molecule has 0 aliphatic rings. The largest absolute Gasteiger partial charge is 0.326 e. The SMILES string of the molecule is O=C(CCCCBr)Nc1cccc([N+](=O)[O-])c1. The Balaban J connectivity index is 2.53. The van der Waals surface area contributed by atoms with Crippen LogP contribution in [0.3, 0.4) is 0 Å². The molecule has 0 aliphatic carbocycles. The van der Waals surface area contributed by atoms with Gasteiger partial charge in [-0.1, -0.05) is 22.0 Å². The number of hydrogen-bond donors (Lipinski definition) is 1. The molecule has 0 atom stereocenters. The van der Waals surface area contributed by atoms with Gasteiger partial charge in [0.2, 0.25) is 5.91 Å². The number of anilines is 1. The summed E-state index contributed by atoms with van der Waals surface area (Å²) in [5.74, 6) is -0.119. The number of amides is 1. The van der Waals surface area contributed by atoms with E-state index in [-0.39, 0.29) is 11.6 Å². The smallest absolute Gasteiger partial charge is 0.271 e. The molecule has 0 aliphatic heterocycles. The van der Waals surface area contributed by atoms with E-state index in [9.17, 15) is 14.9 Å². The Labute approximate surface area is 107 Å². The van der Waals surface area contributed by atoms with E-state index in [4.69, 9.17) is 0 Å². The molecule has 1 N–H and O–H groups in total. The number of nitrogens with zero attached hydrogens (tertiary/aromatic N) is 1. The van der Waals surface area contributed by atoms with Gasteiger partial charge in [-0.25, -0.2) is 0 Å². The highest BCUT2D eigenvalue weighted by atomic mass is 79.9. The molecule has 0 heterocycles. The second-order valence-corrected chi connectivity index (χ2v) is 4.29. The topological polar surface area (TPSA) is 72.2 Å². The number of benzene rings is 1. The number of hydrogen-bond acceptors (Lipinski definition) is 3. The molecule has 0 aromatic heterocycles. The third-order valence-electron chi connectivity index (χ3n) is 2.13. The molecular formula is C11H13BrN2O3. The Morgan fingerprint density at radius 1 is 1.41 bits per heavy atom. The molecule has 17 heavy (non-hydrogen) atoms. The Morgan fingerprint density at radius 3 is 2.82 bits per heavy atom. The van der Waals surface area contributed by atoms with Crippen molar-refractivity contribution in [2.45, 2.75) is 19.3 Å². The normalized spacial score (nSPS) is 9.94. The number of rotatable bonds is 6. The van der Waals surface area contributed by atoms with Crippen LogP contribution in [-0.2, 0) is 4.79 Å². The van der Waals surface area contributed by atoms with E-state index in [0.717, 1.165) is 18.2 Å². The number of non-ortho nitro benzene ring substituents is 1. The van der Waals surface area contributed by atoms with Crippen LogP contribution in [0.4, 0.5) is 11.4 Å². The maximum Gasteiger partial charge on any atom is 0.271 e. The van der Waals surface area contributed by atoms with Crippen LogP contribution >= 0.6 is 15.9 Å². The summed E-state index contributed by atoms with van der Waals surface area (Å²) in [5.41, 5.74) is 0.436. The lowest BCUT2D eigenvalue weighted by molar-refractivity contribution is -0.384. The van der Waals surface area contributed by atoms with Crippen molar-refractivity contribution in [1.82, 2.24) is 0 Å². The lowest BCUT2D eigenvalue weighted by Crippen LogP contribution is -2.11. The summed E-state index contributed by atoms with van der Waals surface area (Å²) < 4.78 is 0. The number of alkyl halides is 1. The Kier molecular flexibility index (Phi) is 5.62. The predicted molar refractivity (Wildman–Crippen MR) is 69.4 cm³/mol. The standard InChI is InChI=1S/C11H13BrN2O3/c12-7-2-1-6-11(15)13-9-4-3-5-10(8-9)14(16)17/h3-5,8H,1-2,6-7H2,(H,13,15). The van der Waals surface area contributed by atoms with Crippen LogP contribution in [0, 0.1) is 10.1 Å². The zero-order valence-corrected chi connectivity index (χ0v) is 10.8. The fraction of sp³-hybridized carbons (Fsp3) is 0.364. The van der Waals surface area contributed by atoms with Gasteiger partial charge in [-0.3, -0.25) is 14.9 Å². The number of nitro groups is 1. The number of nitro benzene ring substituents is 1. The molecule has 0 fully saturated rings. The van der Waals surface area contributed by atoms with Crippen LogP contribution in [0.15, 0.2) is 24.3 Å². The Morgan fingerprint density at radius 2 is 2.18 bits per heavy atom. The number of halogens is 1. The Bertz CT molecular complexity index is 409. The monoisotopic (exact) mass is 300 g/mol. The quantitative estimate of drug-likeness (QED) is 0.380. The van der Waals surface area contributed by atoms with Crippen molar-refractivity contribution in [3.05, 3.63) is 34.4 Å². The first-order valence-corrected chi connectivity index (χ1v) is 6.36. The number of nitrogens with one attached hydrogen (secondary N) is 1. The molecule has 6 heteroatoms. The lowest BCUT2D eigenvalue weighted by atomic mass is 10.2. The van der Waals surface area contributed by atoms with E-state index in [1.165, 1.54) is 12.1 Å². The molecule has 0 unspecified atom stereocenters. The molecule has 5 nitrogen and oxygen atoms in total. The summed E-state index contributed by atoms with van der Waals surface area (Å²) in [6.07, 6.45) is 2.16. The number of carbonyl (C=O) groups excluding carboxylic acids is 1. The fourth-order valence-corrected chi connectivity index (χ4v) is 1.70. The molecule has 0 saturated heterocycles. The van der Waals surface area contributed by atoms with Crippen LogP contribution in [0.1, 0.15) is 19.3 Å². The lowest BCUT2D eigenvalue weighted by Gasteiger charge is -2.04. The summed E-state index contributed by atoms with van der Waals surface area (Å²) in [6.45, 7) is 0. The van der Waals surface area contributed by atoms with Crippen LogP contribution in [0.2, 0.25) is 0 Å². The van der Waals surface area contributed by atoms with Gasteiger partial charge in [0.1, 0.15) is 0 Å². The van der Waals surface area contributed by atoms with Gasteiger partial charge >= 0.3 is 0 Å². The highest BCUT2D eigenvalue weighted by molar-refractivity contribution is 9.09. The highest BCUT2D eigenvalue weighted by Crippen LogP contribution is 2.17. The van der Waals surface area contributed by atoms with Gasteiger partial charge in [0, 0.05) is 29.6 Å². The summed E-state index contributed by atoms with van der Waals surface area (Å²) in [6, 6.07) is 5.92. The van der Waals surface area contributed by atoms with Crippen LogP contribution in [-0.4, -0.2) is 16.2 Å². The summed E-state index contributed by atoms with van der Waals surface area (Å²) in [4.78, 5) is 21.5. The Hall–Kier alpha value is -1.43. The van der Waals surface area contributed by atoms with Gasteiger partial charge in [0.25, 0.3) is 5.69 Å². The molecule has 92 valence electrons. The molecule has 1 aromatic carbocycles. The minimum absolute atomic E-state index is 0.0248. The van der Waals surface area contributed by atoms with Gasteiger partial charge < -0.3 is 5.32 Å². The molecule has 0 saturated carbocycles. The molecule has 0 bridgehead atoms. The molecule has 0 spiro atoms. The van der Waals surface area contributed by atoms with Gasteiger partial charge in [-0.05, 0) is 18.9 Å². The van der Waals surface area contributed by atoms with Gasteiger partial charge in [0.15, 0.2) is 0 Å². The minimum atomic E-state index is -0.486. The van der Waals surface area contributed by atoms with Crippen molar-refractivity contribution in [3.63, 3.8) is 0 Å².